The molecule has 0 atom stereocenters. The maximum atomic E-state index is 4.46. The number of rotatable bonds is 5. The van der Waals surface area contributed by atoms with E-state index < -0.39 is 0 Å². The largest absolute Gasteiger partial charge is 0.364 e. The Bertz CT molecular complexity index is 1030. The predicted octanol–water partition coefficient (Wildman–Crippen LogP) is 5.37. The van der Waals surface area contributed by atoms with Crippen LogP contribution in [0, 0.1) is 13.8 Å². The van der Waals surface area contributed by atoms with Crippen LogP contribution in [0.1, 0.15) is 16.8 Å². The van der Waals surface area contributed by atoms with Crippen molar-refractivity contribution in [1.29, 1.82) is 0 Å². The molecule has 2 aromatic carbocycles. The van der Waals surface area contributed by atoms with Gasteiger partial charge in [-0.1, -0.05) is 48.5 Å². The highest BCUT2D eigenvalue weighted by Gasteiger charge is 2.07. The minimum atomic E-state index is 0.618. The lowest BCUT2D eigenvalue weighted by Crippen LogP contribution is -2.02. The van der Waals surface area contributed by atoms with Crippen molar-refractivity contribution in [2.45, 2.75) is 20.4 Å². The molecule has 0 bridgehead atoms. The Hall–Kier alpha value is -3.40. The molecule has 0 aliphatic heterocycles. The van der Waals surface area contributed by atoms with E-state index in [0.717, 1.165) is 22.8 Å². The van der Waals surface area contributed by atoms with Crippen LogP contribution in [0.25, 0.3) is 22.4 Å². The molecule has 134 valence electrons. The summed E-state index contributed by atoms with van der Waals surface area (Å²) in [7, 11) is 0. The van der Waals surface area contributed by atoms with Crippen LogP contribution >= 0.6 is 0 Å². The molecule has 2 N–H and O–H groups in total. The van der Waals surface area contributed by atoms with Gasteiger partial charge in [-0.15, -0.1) is 0 Å². The fourth-order valence-corrected chi connectivity index (χ4v) is 3.35. The molecule has 4 nitrogen and oxygen atoms in total. The lowest BCUT2D eigenvalue weighted by atomic mass is 9.96. The number of H-pyrrole nitrogens is 1. The first kappa shape index (κ1) is 17.0. The van der Waals surface area contributed by atoms with Crippen LogP contribution < -0.4 is 5.32 Å². The second kappa shape index (κ2) is 7.46. The molecule has 0 spiro atoms. The van der Waals surface area contributed by atoms with Gasteiger partial charge < -0.3 is 5.32 Å². The van der Waals surface area contributed by atoms with Gasteiger partial charge in [0.1, 0.15) is 5.82 Å². The van der Waals surface area contributed by atoms with Crippen molar-refractivity contribution in [2.24, 2.45) is 0 Å². The van der Waals surface area contributed by atoms with Crippen LogP contribution in [0.2, 0.25) is 0 Å². The summed E-state index contributed by atoms with van der Waals surface area (Å²) in [5, 5.41) is 10.9. The summed E-state index contributed by atoms with van der Waals surface area (Å²) in [5.41, 5.74) is 8.09. The molecule has 2 aromatic heterocycles. The Kier molecular flexibility index (Phi) is 4.71. The minimum Gasteiger partial charge on any atom is -0.364 e. The van der Waals surface area contributed by atoms with E-state index in [1.165, 1.54) is 22.3 Å². The monoisotopic (exact) mass is 354 g/mol. The summed E-state index contributed by atoms with van der Waals surface area (Å²) < 4.78 is 0. The average Bonchev–Trinajstić information content (AvgIpc) is 3.16. The molecule has 27 heavy (non-hydrogen) atoms. The second-order valence-electron chi connectivity index (χ2n) is 6.69. The first-order chi connectivity index (χ1) is 13.2. The number of nitrogens with one attached hydrogen (secondary N) is 2. The van der Waals surface area contributed by atoms with Crippen molar-refractivity contribution in [3.63, 3.8) is 0 Å². The molecule has 0 aliphatic rings. The summed E-state index contributed by atoms with van der Waals surface area (Å²) in [6.45, 7) is 4.90. The average molecular weight is 354 g/mol. The molecular weight excluding hydrogens is 332 g/mol. The summed E-state index contributed by atoms with van der Waals surface area (Å²) in [5.74, 6) is 0.847. The minimum absolute atomic E-state index is 0.618. The smallest absolute Gasteiger partial charge is 0.126 e. The van der Waals surface area contributed by atoms with Gasteiger partial charge in [-0.2, -0.15) is 5.10 Å². The molecule has 4 heteroatoms. The number of pyridine rings is 1. The topological polar surface area (TPSA) is 53.6 Å². The van der Waals surface area contributed by atoms with Crippen molar-refractivity contribution in [1.82, 2.24) is 15.2 Å². The van der Waals surface area contributed by atoms with Crippen LogP contribution in [0.4, 0.5) is 5.82 Å². The molecule has 4 rings (SSSR count). The van der Waals surface area contributed by atoms with E-state index in [0.29, 0.717) is 6.54 Å². The standard InChI is InChI=1S/C23H22N4/c1-16-7-6-8-17(2)23(16)19-11-12-24-22(13-19)25-15-20-14-21(27-26-20)18-9-4-3-5-10-18/h3-14H,15H2,1-2H3,(H,24,25)(H,26,27). The van der Waals surface area contributed by atoms with Gasteiger partial charge >= 0.3 is 0 Å². The zero-order valence-electron chi connectivity index (χ0n) is 15.5. The number of nitrogens with zero attached hydrogens (tertiary/aromatic N) is 2. The Labute approximate surface area is 159 Å². The molecule has 0 radical (unpaired) electrons. The SMILES string of the molecule is Cc1cccc(C)c1-c1ccnc(NCc2cc(-c3ccccc3)[nH]n2)c1. The normalized spacial score (nSPS) is 10.7. The number of hydrogen-bond donors (Lipinski definition) is 2. The number of anilines is 1. The third-order valence-electron chi connectivity index (χ3n) is 4.70. The second-order valence-corrected chi connectivity index (χ2v) is 6.69. The van der Waals surface area contributed by atoms with Crippen molar-refractivity contribution < 1.29 is 0 Å². The Morgan fingerprint density at radius 3 is 2.41 bits per heavy atom. The molecule has 0 unspecified atom stereocenters. The Morgan fingerprint density at radius 1 is 0.852 bits per heavy atom. The maximum absolute atomic E-state index is 4.46. The third kappa shape index (κ3) is 3.75. The van der Waals surface area contributed by atoms with Crippen LogP contribution in [0.5, 0.6) is 0 Å². The number of hydrogen-bond acceptors (Lipinski definition) is 3. The van der Waals surface area contributed by atoms with Gasteiger partial charge in [0, 0.05) is 6.20 Å². The van der Waals surface area contributed by atoms with Gasteiger partial charge in [0.05, 0.1) is 17.9 Å². The van der Waals surface area contributed by atoms with E-state index in [-0.39, 0.29) is 0 Å². The molecule has 0 amide bonds. The highest BCUT2D eigenvalue weighted by molar-refractivity contribution is 5.72. The van der Waals surface area contributed by atoms with Crippen molar-refractivity contribution >= 4 is 5.82 Å². The molecule has 2 heterocycles. The van der Waals surface area contributed by atoms with E-state index in [1.54, 1.807) is 0 Å². The number of aromatic amines is 1. The van der Waals surface area contributed by atoms with Gasteiger partial charge in [-0.25, -0.2) is 4.98 Å². The summed E-state index contributed by atoms with van der Waals surface area (Å²) in [6, 6.07) is 22.8. The quantitative estimate of drug-likeness (QED) is 0.507. The predicted molar refractivity (Wildman–Crippen MR) is 110 cm³/mol. The summed E-state index contributed by atoms with van der Waals surface area (Å²) in [4.78, 5) is 4.46. The van der Waals surface area contributed by atoms with Crippen molar-refractivity contribution in [3.8, 4) is 22.4 Å². The fourth-order valence-electron chi connectivity index (χ4n) is 3.35. The molecular formula is C23H22N4. The first-order valence-corrected chi connectivity index (χ1v) is 9.07. The van der Waals surface area contributed by atoms with Gasteiger partial charge in [0.2, 0.25) is 0 Å². The number of benzene rings is 2. The molecule has 4 aromatic rings. The van der Waals surface area contributed by atoms with Gasteiger partial charge in [0.25, 0.3) is 0 Å². The Morgan fingerprint density at radius 2 is 1.63 bits per heavy atom. The van der Waals surface area contributed by atoms with Crippen LogP contribution in [0.3, 0.4) is 0 Å². The van der Waals surface area contributed by atoms with E-state index >= 15 is 0 Å². The number of aromatic nitrogens is 3. The van der Waals surface area contributed by atoms with Gasteiger partial charge in [-0.05, 0) is 59.9 Å². The highest BCUT2D eigenvalue weighted by atomic mass is 15.1. The van der Waals surface area contributed by atoms with E-state index in [1.807, 2.05) is 24.4 Å². The van der Waals surface area contributed by atoms with E-state index in [9.17, 15) is 0 Å². The van der Waals surface area contributed by atoms with Gasteiger partial charge in [-0.3, -0.25) is 5.10 Å². The Balaban J connectivity index is 1.51. The molecule has 0 aliphatic carbocycles. The van der Waals surface area contributed by atoms with Crippen molar-refractivity contribution in [2.75, 3.05) is 5.32 Å². The summed E-state index contributed by atoms with van der Waals surface area (Å²) >= 11 is 0. The molecule has 0 saturated carbocycles. The highest BCUT2D eigenvalue weighted by Crippen LogP contribution is 2.28. The van der Waals surface area contributed by atoms with Crippen LogP contribution in [-0.4, -0.2) is 15.2 Å². The summed E-state index contributed by atoms with van der Waals surface area (Å²) in [6.07, 6.45) is 1.85. The zero-order chi connectivity index (χ0) is 18.6. The first-order valence-electron chi connectivity index (χ1n) is 9.07. The lowest BCUT2D eigenvalue weighted by molar-refractivity contribution is 0.976. The molecule has 0 saturated heterocycles. The third-order valence-corrected chi connectivity index (χ3v) is 4.70. The van der Waals surface area contributed by atoms with E-state index in [2.05, 4.69) is 82.9 Å². The van der Waals surface area contributed by atoms with Crippen LogP contribution in [0.15, 0.2) is 72.9 Å². The van der Waals surface area contributed by atoms with E-state index in [4.69, 9.17) is 0 Å². The van der Waals surface area contributed by atoms with Crippen molar-refractivity contribution in [3.05, 3.63) is 89.7 Å². The lowest BCUT2D eigenvalue weighted by Gasteiger charge is -2.11. The number of aryl methyl sites for hydroxylation is 2. The van der Waals surface area contributed by atoms with Crippen LogP contribution in [-0.2, 0) is 6.54 Å². The zero-order valence-corrected chi connectivity index (χ0v) is 15.5. The maximum Gasteiger partial charge on any atom is 0.126 e. The fraction of sp³-hybridized carbons (Fsp3) is 0.130. The van der Waals surface area contributed by atoms with Gasteiger partial charge in [0.15, 0.2) is 0 Å². The molecule has 0 fully saturated rings.